The molecule has 0 aliphatic carbocycles. The number of hydrogen-bond acceptors (Lipinski definition) is 6. The minimum absolute atomic E-state index is 0.114. The summed E-state index contributed by atoms with van der Waals surface area (Å²) in [4.78, 5) is 4.33. The second-order valence-corrected chi connectivity index (χ2v) is 4.46. The van der Waals surface area contributed by atoms with Gasteiger partial charge in [0.05, 0.1) is 10.6 Å². The highest BCUT2D eigenvalue weighted by Gasteiger charge is 2.18. The van der Waals surface area contributed by atoms with Crippen LogP contribution in [0.1, 0.15) is 32.2 Å². The molecule has 1 unspecified atom stereocenters. The molecule has 2 heterocycles. The molecule has 0 radical (unpaired) electrons. The first-order valence-corrected chi connectivity index (χ1v) is 6.42. The van der Waals surface area contributed by atoms with E-state index in [4.69, 9.17) is 15.0 Å². The lowest BCUT2D eigenvalue weighted by molar-refractivity contribution is 0.0518. The number of ether oxygens (including phenoxy) is 1. The van der Waals surface area contributed by atoms with E-state index in [0.717, 1.165) is 12.0 Å². The van der Waals surface area contributed by atoms with E-state index in [1.807, 2.05) is 25.3 Å². The predicted octanol–water partition coefficient (Wildman–Crippen LogP) is 2.87. The number of hydrogen-bond donors (Lipinski definition) is 1. The molecule has 0 aromatic carbocycles. The second-order valence-electron chi connectivity index (χ2n) is 3.51. The first kappa shape index (κ1) is 12.1. The van der Waals surface area contributed by atoms with E-state index in [1.165, 1.54) is 11.3 Å². The van der Waals surface area contributed by atoms with Crippen molar-refractivity contribution in [2.75, 3.05) is 12.3 Å². The van der Waals surface area contributed by atoms with E-state index in [2.05, 4.69) is 10.1 Å². The van der Waals surface area contributed by atoms with Gasteiger partial charge in [-0.15, -0.1) is 11.3 Å². The van der Waals surface area contributed by atoms with Gasteiger partial charge in [-0.2, -0.15) is 4.98 Å². The van der Waals surface area contributed by atoms with Crippen molar-refractivity contribution in [2.24, 2.45) is 0 Å². The van der Waals surface area contributed by atoms with Crippen molar-refractivity contribution in [2.45, 2.75) is 26.4 Å². The zero-order valence-corrected chi connectivity index (χ0v) is 10.7. The Balaban J connectivity index is 2.24. The minimum Gasteiger partial charge on any atom is -0.390 e. The van der Waals surface area contributed by atoms with Gasteiger partial charge in [-0.3, -0.25) is 0 Å². The summed E-state index contributed by atoms with van der Waals surface area (Å²) in [5, 5.41) is 6.52. The Hall–Kier alpha value is -1.40. The number of nitrogens with zero attached hydrogens (tertiary/aromatic N) is 2. The molecule has 17 heavy (non-hydrogen) atoms. The van der Waals surface area contributed by atoms with Crippen LogP contribution >= 0.6 is 11.3 Å². The van der Waals surface area contributed by atoms with Crippen molar-refractivity contribution in [1.82, 2.24) is 10.1 Å². The van der Waals surface area contributed by atoms with E-state index in [9.17, 15) is 0 Å². The molecular formula is C11H15N3O2S. The summed E-state index contributed by atoms with van der Waals surface area (Å²) < 4.78 is 10.7. The number of rotatable bonds is 5. The van der Waals surface area contributed by atoms with Crippen LogP contribution in [0.4, 0.5) is 5.00 Å². The minimum atomic E-state index is -0.114. The largest absolute Gasteiger partial charge is 0.390 e. The third-order valence-electron chi connectivity index (χ3n) is 2.39. The maximum absolute atomic E-state index is 5.81. The highest BCUT2D eigenvalue weighted by Crippen LogP contribution is 2.30. The molecule has 2 rings (SSSR count). The number of nitrogen functional groups attached to an aromatic ring is 1. The maximum atomic E-state index is 5.81. The predicted molar refractivity (Wildman–Crippen MR) is 66.7 cm³/mol. The summed E-state index contributed by atoms with van der Waals surface area (Å²) in [5.74, 6) is 1.03. The summed E-state index contributed by atoms with van der Waals surface area (Å²) in [6.45, 7) is 4.60. The first-order valence-electron chi connectivity index (χ1n) is 5.54. The van der Waals surface area contributed by atoms with Crippen molar-refractivity contribution >= 4 is 16.3 Å². The molecule has 0 bridgehead atoms. The summed E-state index contributed by atoms with van der Waals surface area (Å²) in [6.07, 6.45) is 0.698. The lowest BCUT2D eigenvalue weighted by Crippen LogP contribution is -2.04. The van der Waals surface area contributed by atoms with Gasteiger partial charge in [-0.1, -0.05) is 12.1 Å². The van der Waals surface area contributed by atoms with Crippen molar-refractivity contribution < 1.29 is 9.26 Å². The SMILES string of the molecule is CCOC(CC)c1noc(-c2ccsc2N)n1. The van der Waals surface area contributed by atoms with Gasteiger partial charge >= 0.3 is 0 Å². The fourth-order valence-electron chi connectivity index (χ4n) is 1.55. The summed E-state index contributed by atoms with van der Waals surface area (Å²) in [7, 11) is 0. The quantitative estimate of drug-likeness (QED) is 0.886. The summed E-state index contributed by atoms with van der Waals surface area (Å²) in [5.41, 5.74) is 6.60. The third-order valence-corrected chi connectivity index (χ3v) is 3.14. The van der Waals surface area contributed by atoms with Gasteiger partial charge in [-0.05, 0) is 24.8 Å². The van der Waals surface area contributed by atoms with Crippen LogP contribution in [0.15, 0.2) is 16.0 Å². The standard InChI is InChI=1S/C11H15N3O2S/c1-3-8(15-4-2)10-13-11(16-14-10)7-5-6-17-9(7)12/h5-6,8H,3-4,12H2,1-2H3. The Morgan fingerprint density at radius 3 is 2.94 bits per heavy atom. The molecule has 1 atom stereocenters. The molecule has 92 valence electrons. The molecule has 2 aromatic heterocycles. The number of aromatic nitrogens is 2. The lowest BCUT2D eigenvalue weighted by atomic mass is 10.2. The first-order chi connectivity index (χ1) is 8.26. The zero-order chi connectivity index (χ0) is 12.3. The van der Waals surface area contributed by atoms with Crippen LogP contribution in [0.5, 0.6) is 0 Å². The Morgan fingerprint density at radius 1 is 1.53 bits per heavy atom. The monoisotopic (exact) mass is 253 g/mol. The van der Waals surface area contributed by atoms with Crippen LogP contribution in [0.3, 0.4) is 0 Å². The van der Waals surface area contributed by atoms with Crippen molar-refractivity contribution in [3.63, 3.8) is 0 Å². The summed E-state index contributed by atoms with van der Waals surface area (Å²) in [6, 6.07) is 1.87. The summed E-state index contributed by atoms with van der Waals surface area (Å²) >= 11 is 1.45. The smallest absolute Gasteiger partial charge is 0.261 e. The molecule has 0 fully saturated rings. The van der Waals surface area contributed by atoms with Crippen LogP contribution < -0.4 is 5.73 Å². The van der Waals surface area contributed by atoms with Crippen LogP contribution in [-0.4, -0.2) is 16.7 Å². The molecule has 5 nitrogen and oxygen atoms in total. The van der Waals surface area contributed by atoms with Gasteiger partial charge in [0, 0.05) is 6.61 Å². The number of anilines is 1. The number of nitrogens with two attached hydrogens (primary N) is 1. The topological polar surface area (TPSA) is 74.2 Å². The van der Waals surface area contributed by atoms with Crippen molar-refractivity contribution in [1.29, 1.82) is 0 Å². The van der Waals surface area contributed by atoms with Gasteiger partial charge in [-0.25, -0.2) is 0 Å². The number of thiophene rings is 1. The third kappa shape index (κ3) is 2.48. The molecule has 0 amide bonds. The Bertz CT molecular complexity index is 481. The van der Waals surface area contributed by atoms with Gasteiger partial charge < -0.3 is 15.0 Å². The van der Waals surface area contributed by atoms with E-state index in [0.29, 0.717) is 23.3 Å². The highest BCUT2D eigenvalue weighted by atomic mass is 32.1. The van der Waals surface area contributed by atoms with Crippen LogP contribution in [-0.2, 0) is 4.74 Å². The lowest BCUT2D eigenvalue weighted by Gasteiger charge is -2.09. The Morgan fingerprint density at radius 2 is 2.35 bits per heavy atom. The van der Waals surface area contributed by atoms with Gasteiger partial charge in [0.25, 0.3) is 5.89 Å². The average Bonchev–Trinajstić information content (AvgIpc) is 2.94. The molecule has 2 aromatic rings. The average molecular weight is 253 g/mol. The Kier molecular flexibility index (Phi) is 3.75. The molecule has 6 heteroatoms. The second kappa shape index (κ2) is 5.29. The fraction of sp³-hybridized carbons (Fsp3) is 0.455. The molecule has 0 saturated carbocycles. The van der Waals surface area contributed by atoms with Gasteiger partial charge in [0.2, 0.25) is 5.82 Å². The van der Waals surface area contributed by atoms with Gasteiger partial charge in [0.15, 0.2) is 0 Å². The van der Waals surface area contributed by atoms with Crippen LogP contribution in [0.25, 0.3) is 11.5 Å². The molecule has 0 aliphatic heterocycles. The zero-order valence-electron chi connectivity index (χ0n) is 9.84. The van der Waals surface area contributed by atoms with Crippen LogP contribution in [0.2, 0.25) is 0 Å². The van der Waals surface area contributed by atoms with E-state index in [1.54, 1.807) is 0 Å². The highest BCUT2D eigenvalue weighted by molar-refractivity contribution is 7.14. The normalized spacial score (nSPS) is 12.8. The van der Waals surface area contributed by atoms with E-state index >= 15 is 0 Å². The molecule has 0 spiro atoms. The van der Waals surface area contributed by atoms with Crippen molar-refractivity contribution in [3.05, 3.63) is 17.3 Å². The van der Waals surface area contributed by atoms with Crippen LogP contribution in [0, 0.1) is 0 Å². The van der Waals surface area contributed by atoms with E-state index in [-0.39, 0.29) is 6.10 Å². The molecular weight excluding hydrogens is 238 g/mol. The maximum Gasteiger partial charge on any atom is 0.261 e. The molecule has 0 aliphatic rings. The molecule has 2 N–H and O–H groups in total. The fourth-order valence-corrected chi connectivity index (χ4v) is 2.18. The Labute approximate surface area is 104 Å². The van der Waals surface area contributed by atoms with Gasteiger partial charge in [0.1, 0.15) is 6.10 Å². The van der Waals surface area contributed by atoms with E-state index < -0.39 is 0 Å². The molecule has 0 saturated heterocycles. The van der Waals surface area contributed by atoms with Crippen molar-refractivity contribution in [3.8, 4) is 11.5 Å².